The van der Waals surface area contributed by atoms with Crippen molar-refractivity contribution in [3.05, 3.63) is 65.5 Å². The first kappa shape index (κ1) is 33.8. The number of carbonyl (C=O) groups is 2. The predicted molar refractivity (Wildman–Crippen MR) is 153 cm³/mol. The number of alkyl halides is 3. The van der Waals surface area contributed by atoms with E-state index in [1.807, 2.05) is 0 Å². The Labute approximate surface area is 249 Å². The molecule has 1 aromatic heterocycles. The van der Waals surface area contributed by atoms with Crippen LogP contribution in [0.1, 0.15) is 86.5 Å². The highest BCUT2D eigenvalue weighted by molar-refractivity contribution is 7.92. The van der Waals surface area contributed by atoms with Crippen LogP contribution in [-0.4, -0.2) is 52.5 Å². The van der Waals surface area contributed by atoms with Crippen LogP contribution in [-0.2, 0) is 27.6 Å². The van der Waals surface area contributed by atoms with Gasteiger partial charge in [-0.3, -0.25) is 9.59 Å². The average Bonchev–Trinajstić information content (AvgIpc) is 3.44. The molecule has 1 N–H and O–H groups in total. The van der Waals surface area contributed by atoms with Gasteiger partial charge in [-0.25, -0.2) is 8.42 Å². The highest BCUT2D eigenvalue weighted by Crippen LogP contribution is 2.30. The van der Waals surface area contributed by atoms with Gasteiger partial charge in [-0.1, -0.05) is 81.6 Å². The number of carboxylic acid groups (broad SMARTS) is 1. The molecule has 0 bridgehead atoms. The summed E-state index contributed by atoms with van der Waals surface area (Å²) in [6.45, 7) is 1.22. The molecule has 0 atom stereocenters. The summed E-state index contributed by atoms with van der Waals surface area (Å²) in [6.07, 6.45) is 11.4. The van der Waals surface area contributed by atoms with Gasteiger partial charge >= 0.3 is 11.5 Å². The van der Waals surface area contributed by atoms with Gasteiger partial charge in [0.25, 0.3) is 21.6 Å². The largest absolute Gasteiger partial charge is 0.501 e. The number of unbranched alkanes of at least 4 members (excludes halogenated alkanes) is 8. The molecule has 1 heterocycles. The minimum atomic E-state index is -5.54. The summed E-state index contributed by atoms with van der Waals surface area (Å²) in [4.78, 5) is 29.2. The van der Waals surface area contributed by atoms with Crippen molar-refractivity contribution in [3.8, 4) is 11.5 Å². The van der Waals surface area contributed by atoms with E-state index in [1.165, 1.54) is 50.7 Å². The molecule has 9 nitrogen and oxygen atoms in total. The van der Waals surface area contributed by atoms with Crippen molar-refractivity contribution < 1.29 is 40.8 Å². The molecule has 0 fully saturated rings. The summed E-state index contributed by atoms with van der Waals surface area (Å²) >= 11 is 0. The third-order valence-electron chi connectivity index (χ3n) is 6.85. The smallest absolute Gasteiger partial charge is 0.480 e. The number of halogens is 3. The Morgan fingerprint density at radius 1 is 0.930 bits per heavy atom. The van der Waals surface area contributed by atoms with Gasteiger partial charge in [0.2, 0.25) is 0 Å². The van der Waals surface area contributed by atoms with E-state index in [0.29, 0.717) is 17.8 Å². The number of benzene rings is 2. The number of carbonyl (C=O) groups excluding carboxylic acids is 1. The van der Waals surface area contributed by atoms with Crippen LogP contribution < -0.4 is 0 Å². The maximum absolute atomic E-state index is 13.3. The quantitative estimate of drug-likeness (QED) is 0.162. The van der Waals surface area contributed by atoms with Gasteiger partial charge in [-0.05, 0) is 42.3 Å². The first-order chi connectivity index (χ1) is 20.4. The van der Waals surface area contributed by atoms with Crippen LogP contribution in [0.3, 0.4) is 0 Å². The van der Waals surface area contributed by atoms with Crippen molar-refractivity contribution >= 4 is 21.7 Å². The van der Waals surface area contributed by atoms with Crippen LogP contribution >= 0.6 is 0 Å². The molecule has 13 heteroatoms. The maximum Gasteiger partial charge on any atom is 0.501 e. The first-order valence-electron chi connectivity index (χ1n) is 14.3. The molecule has 0 unspecified atom stereocenters. The number of amides is 1. The lowest BCUT2D eigenvalue weighted by Gasteiger charge is -2.21. The fourth-order valence-corrected chi connectivity index (χ4v) is 5.29. The zero-order valence-electron chi connectivity index (χ0n) is 24.0. The van der Waals surface area contributed by atoms with Gasteiger partial charge in [0.05, 0.1) is 4.90 Å². The van der Waals surface area contributed by atoms with Crippen molar-refractivity contribution in [1.29, 1.82) is 0 Å². The second-order valence-electron chi connectivity index (χ2n) is 10.3. The van der Waals surface area contributed by atoms with Crippen molar-refractivity contribution in [1.82, 2.24) is 15.0 Å². The fraction of sp³-hybridized carbons (Fsp3) is 0.467. The Morgan fingerprint density at radius 2 is 1.56 bits per heavy atom. The predicted octanol–water partition coefficient (Wildman–Crippen LogP) is 6.83. The normalized spacial score (nSPS) is 11.9. The number of carboxylic acids is 1. The summed E-state index contributed by atoms with van der Waals surface area (Å²) in [5.41, 5.74) is -4.62. The van der Waals surface area contributed by atoms with E-state index in [-0.39, 0.29) is 23.6 Å². The van der Waals surface area contributed by atoms with Gasteiger partial charge < -0.3 is 14.5 Å². The topological polar surface area (TPSA) is 131 Å². The molecule has 2 aromatic carbocycles. The summed E-state index contributed by atoms with van der Waals surface area (Å²) in [6, 6.07) is 9.98. The molecule has 0 aliphatic heterocycles. The molecule has 3 rings (SSSR count). The SMILES string of the molecule is CCCCCCCCCCCc1noc(-c2cccc(C(=O)N(CC(=O)O)Cc3ccc(S(=O)(=O)C(F)(F)F)cc3)c2)n1. The van der Waals surface area contributed by atoms with Gasteiger partial charge in [0.15, 0.2) is 5.82 Å². The van der Waals surface area contributed by atoms with Crippen LogP contribution in [0.25, 0.3) is 11.5 Å². The number of aromatic nitrogens is 2. The first-order valence-corrected chi connectivity index (χ1v) is 15.7. The molecule has 0 radical (unpaired) electrons. The number of sulfone groups is 1. The van der Waals surface area contributed by atoms with E-state index >= 15 is 0 Å². The van der Waals surface area contributed by atoms with Crippen molar-refractivity contribution in [2.24, 2.45) is 0 Å². The maximum atomic E-state index is 13.3. The van der Waals surface area contributed by atoms with Gasteiger partial charge in [-0.2, -0.15) is 18.2 Å². The second kappa shape index (κ2) is 15.6. The molecule has 0 spiro atoms. The Bertz CT molecular complexity index is 1460. The van der Waals surface area contributed by atoms with Gasteiger partial charge in [0, 0.05) is 24.1 Å². The summed E-state index contributed by atoms with van der Waals surface area (Å²) in [5.74, 6) is -1.20. The van der Waals surface area contributed by atoms with E-state index in [2.05, 4.69) is 17.1 Å². The Balaban J connectivity index is 1.63. The fourth-order valence-electron chi connectivity index (χ4n) is 4.53. The molecule has 1 amide bonds. The summed E-state index contributed by atoms with van der Waals surface area (Å²) in [7, 11) is -5.54. The van der Waals surface area contributed by atoms with Gasteiger partial charge in [0.1, 0.15) is 6.54 Å². The third kappa shape index (κ3) is 9.91. The lowest BCUT2D eigenvalue weighted by atomic mass is 10.1. The lowest BCUT2D eigenvalue weighted by molar-refractivity contribution is -0.137. The number of rotatable bonds is 17. The summed E-state index contributed by atoms with van der Waals surface area (Å²) in [5, 5.41) is 13.4. The Kier molecular flexibility index (Phi) is 12.3. The van der Waals surface area contributed by atoms with Crippen molar-refractivity contribution in [2.75, 3.05) is 6.54 Å². The average molecular weight is 624 g/mol. The van der Waals surface area contributed by atoms with E-state index in [4.69, 9.17) is 4.52 Å². The van der Waals surface area contributed by atoms with Crippen LogP contribution in [0, 0.1) is 0 Å². The molecular weight excluding hydrogens is 587 g/mol. The highest BCUT2D eigenvalue weighted by atomic mass is 32.2. The molecule has 0 aliphatic carbocycles. The van der Waals surface area contributed by atoms with Crippen LogP contribution in [0.4, 0.5) is 13.2 Å². The minimum absolute atomic E-state index is 0.133. The molecule has 0 saturated carbocycles. The van der Waals surface area contributed by atoms with E-state index in [9.17, 15) is 36.3 Å². The number of nitrogens with zero attached hydrogens (tertiary/aromatic N) is 3. The molecule has 234 valence electrons. The molecule has 43 heavy (non-hydrogen) atoms. The molecule has 3 aromatic rings. The summed E-state index contributed by atoms with van der Waals surface area (Å²) < 4.78 is 67.1. The van der Waals surface area contributed by atoms with Crippen LogP contribution in [0.15, 0.2) is 57.9 Å². The van der Waals surface area contributed by atoms with E-state index in [1.54, 1.807) is 12.1 Å². The molecular formula is C30H36F3N3O6S. The number of hydrogen-bond acceptors (Lipinski definition) is 7. The van der Waals surface area contributed by atoms with Crippen molar-refractivity contribution in [2.45, 2.75) is 88.1 Å². The number of aryl methyl sites for hydroxylation is 1. The lowest BCUT2D eigenvalue weighted by Crippen LogP contribution is -2.35. The van der Waals surface area contributed by atoms with E-state index < -0.39 is 38.7 Å². The van der Waals surface area contributed by atoms with Crippen molar-refractivity contribution in [3.63, 3.8) is 0 Å². The zero-order chi connectivity index (χ0) is 31.5. The van der Waals surface area contributed by atoms with Crippen LogP contribution in [0.5, 0.6) is 0 Å². The monoisotopic (exact) mass is 623 g/mol. The second-order valence-corrected chi connectivity index (χ2v) is 12.3. The minimum Gasteiger partial charge on any atom is -0.480 e. The Morgan fingerprint density at radius 3 is 2.16 bits per heavy atom. The number of aliphatic carboxylic acids is 1. The molecule has 0 saturated heterocycles. The third-order valence-corrected chi connectivity index (χ3v) is 8.36. The van der Waals surface area contributed by atoms with Gasteiger partial charge in [-0.15, -0.1) is 0 Å². The number of hydrogen-bond donors (Lipinski definition) is 1. The highest BCUT2D eigenvalue weighted by Gasteiger charge is 2.46. The Hall–Kier alpha value is -3.74. The zero-order valence-corrected chi connectivity index (χ0v) is 24.8. The van der Waals surface area contributed by atoms with Crippen LogP contribution in [0.2, 0.25) is 0 Å². The molecule has 0 aliphatic rings. The standard InChI is InChI=1S/C30H36F3N3O6S/c1-2-3-4-5-6-7-8-9-10-14-26-34-28(42-35-26)23-12-11-13-24(19-23)29(39)36(21-27(37)38)20-22-15-17-25(18-16-22)43(40,41)30(31,32)33/h11-13,15-19H,2-10,14,20-21H2,1H3,(H,37,38). The van der Waals surface area contributed by atoms with E-state index in [0.717, 1.165) is 48.4 Å².